The van der Waals surface area contributed by atoms with Crippen LogP contribution in [-0.2, 0) is 25.5 Å². The standard InChI is InChI=1S/C20H23NO6S/c1-5-15-13(4)28-19(18(15)20(24)25-6-2)21-16(22)11-26-17(23)10-9-14-8-7-12(3)27-14/h7-10H,5-6,11H2,1-4H3,(H,21,22)/b10-9+. The van der Waals surface area contributed by atoms with Crippen molar-refractivity contribution in [3.63, 3.8) is 0 Å². The molecule has 2 aromatic rings. The molecule has 1 amide bonds. The van der Waals surface area contributed by atoms with Gasteiger partial charge in [0.25, 0.3) is 5.91 Å². The van der Waals surface area contributed by atoms with Crippen LogP contribution in [0.25, 0.3) is 6.08 Å². The number of amides is 1. The molecule has 0 aliphatic heterocycles. The lowest BCUT2D eigenvalue weighted by atomic mass is 10.1. The Balaban J connectivity index is 1.98. The molecule has 0 unspecified atom stereocenters. The van der Waals surface area contributed by atoms with E-state index in [1.54, 1.807) is 26.0 Å². The predicted molar refractivity (Wildman–Crippen MR) is 106 cm³/mol. The third-order valence-electron chi connectivity index (χ3n) is 3.79. The molecular weight excluding hydrogens is 382 g/mol. The van der Waals surface area contributed by atoms with E-state index in [0.717, 1.165) is 16.2 Å². The molecule has 2 rings (SSSR count). The topological polar surface area (TPSA) is 94.8 Å². The van der Waals surface area contributed by atoms with Gasteiger partial charge in [-0.1, -0.05) is 6.92 Å². The molecule has 7 nitrogen and oxygen atoms in total. The van der Waals surface area contributed by atoms with Gasteiger partial charge in [0.15, 0.2) is 6.61 Å². The Morgan fingerprint density at radius 3 is 2.54 bits per heavy atom. The first kappa shape index (κ1) is 21.4. The van der Waals surface area contributed by atoms with Crippen LogP contribution in [0.5, 0.6) is 0 Å². The first-order valence-corrected chi connectivity index (χ1v) is 9.67. The number of carbonyl (C=O) groups is 3. The highest BCUT2D eigenvalue weighted by Gasteiger charge is 2.23. The smallest absolute Gasteiger partial charge is 0.341 e. The van der Waals surface area contributed by atoms with Crippen LogP contribution in [0.4, 0.5) is 5.00 Å². The Bertz CT molecular complexity index is 893. The van der Waals surface area contributed by atoms with Gasteiger partial charge in [0.2, 0.25) is 0 Å². The van der Waals surface area contributed by atoms with Crippen molar-refractivity contribution in [2.75, 3.05) is 18.5 Å². The highest BCUT2D eigenvalue weighted by atomic mass is 32.1. The van der Waals surface area contributed by atoms with Gasteiger partial charge in [0, 0.05) is 11.0 Å². The number of thiophene rings is 1. The Hall–Kier alpha value is -2.87. The van der Waals surface area contributed by atoms with Crippen molar-refractivity contribution in [1.82, 2.24) is 0 Å². The fraction of sp³-hybridized carbons (Fsp3) is 0.350. The van der Waals surface area contributed by atoms with Crippen LogP contribution in [0.2, 0.25) is 0 Å². The fourth-order valence-electron chi connectivity index (χ4n) is 2.55. The van der Waals surface area contributed by atoms with Crippen molar-refractivity contribution in [2.24, 2.45) is 0 Å². The maximum absolute atomic E-state index is 12.3. The highest BCUT2D eigenvalue weighted by Crippen LogP contribution is 2.34. The molecule has 150 valence electrons. The number of nitrogens with one attached hydrogen (secondary N) is 1. The van der Waals surface area contributed by atoms with Crippen LogP contribution in [0, 0.1) is 13.8 Å². The van der Waals surface area contributed by atoms with E-state index in [9.17, 15) is 14.4 Å². The minimum atomic E-state index is -0.675. The van der Waals surface area contributed by atoms with Gasteiger partial charge in [-0.05, 0) is 51.0 Å². The van der Waals surface area contributed by atoms with E-state index in [4.69, 9.17) is 13.9 Å². The van der Waals surface area contributed by atoms with E-state index < -0.39 is 24.5 Å². The zero-order valence-corrected chi connectivity index (χ0v) is 17.1. The molecule has 0 aliphatic carbocycles. The summed E-state index contributed by atoms with van der Waals surface area (Å²) in [5, 5.41) is 3.04. The van der Waals surface area contributed by atoms with Crippen molar-refractivity contribution >= 4 is 40.3 Å². The zero-order chi connectivity index (χ0) is 20.7. The molecule has 0 atom stereocenters. The van der Waals surface area contributed by atoms with Gasteiger partial charge in [-0.2, -0.15) is 0 Å². The lowest BCUT2D eigenvalue weighted by Crippen LogP contribution is -2.21. The van der Waals surface area contributed by atoms with E-state index in [2.05, 4.69) is 5.32 Å². The van der Waals surface area contributed by atoms with Crippen LogP contribution >= 0.6 is 11.3 Å². The van der Waals surface area contributed by atoms with Crippen molar-refractivity contribution in [3.05, 3.63) is 45.7 Å². The Labute approximate surface area is 167 Å². The summed E-state index contributed by atoms with van der Waals surface area (Å²) in [6.07, 6.45) is 3.28. The fourth-order valence-corrected chi connectivity index (χ4v) is 3.70. The molecule has 0 radical (unpaired) electrons. The lowest BCUT2D eigenvalue weighted by Gasteiger charge is -2.08. The molecule has 28 heavy (non-hydrogen) atoms. The maximum atomic E-state index is 12.3. The van der Waals surface area contributed by atoms with Crippen LogP contribution in [0.1, 0.15) is 46.2 Å². The number of carbonyl (C=O) groups excluding carboxylic acids is 3. The van der Waals surface area contributed by atoms with Gasteiger partial charge in [-0.3, -0.25) is 4.79 Å². The summed E-state index contributed by atoms with van der Waals surface area (Å²) < 4.78 is 15.3. The normalized spacial score (nSPS) is 10.9. The van der Waals surface area contributed by atoms with Crippen molar-refractivity contribution in [2.45, 2.75) is 34.1 Å². The van der Waals surface area contributed by atoms with E-state index >= 15 is 0 Å². The Morgan fingerprint density at radius 2 is 1.93 bits per heavy atom. The third-order valence-corrected chi connectivity index (χ3v) is 4.85. The molecular formula is C20H23NO6S. The summed E-state index contributed by atoms with van der Waals surface area (Å²) in [7, 11) is 0. The summed E-state index contributed by atoms with van der Waals surface area (Å²) in [6.45, 7) is 7.09. The molecule has 8 heteroatoms. The van der Waals surface area contributed by atoms with Gasteiger partial charge in [-0.25, -0.2) is 9.59 Å². The average Bonchev–Trinajstić information content (AvgIpc) is 3.20. The van der Waals surface area contributed by atoms with Crippen LogP contribution in [0.15, 0.2) is 22.6 Å². The van der Waals surface area contributed by atoms with Crippen molar-refractivity contribution in [1.29, 1.82) is 0 Å². The summed E-state index contributed by atoms with van der Waals surface area (Å²) in [5.74, 6) is -0.453. The van der Waals surface area contributed by atoms with Gasteiger partial charge < -0.3 is 19.2 Å². The van der Waals surface area contributed by atoms with Crippen molar-refractivity contribution < 1.29 is 28.3 Å². The SMILES string of the molecule is CCOC(=O)c1c(NC(=O)COC(=O)/C=C/c2ccc(C)o2)sc(C)c1CC. The molecule has 2 aromatic heterocycles. The zero-order valence-electron chi connectivity index (χ0n) is 16.3. The average molecular weight is 405 g/mol. The Morgan fingerprint density at radius 1 is 1.18 bits per heavy atom. The number of esters is 2. The number of anilines is 1. The molecule has 0 aromatic carbocycles. The number of aryl methyl sites for hydroxylation is 2. The first-order valence-electron chi connectivity index (χ1n) is 8.86. The second kappa shape index (κ2) is 9.89. The first-order chi connectivity index (χ1) is 13.3. The van der Waals surface area contributed by atoms with Crippen LogP contribution in [0.3, 0.4) is 0 Å². The molecule has 0 bridgehead atoms. The quantitative estimate of drug-likeness (QED) is 0.529. The number of rotatable bonds is 8. The number of hydrogen-bond donors (Lipinski definition) is 1. The predicted octanol–water partition coefficient (Wildman–Crippen LogP) is 3.89. The summed E-state index contributed by atoms with van der Waals surface area (Å²) >= 11 is 1.29. The molecule has 0 saturated heterocycles. The largest absolute Gasteiger partial charge is 0.462 e. The molecule has 0 fully saturated rings. The lowest BCUT2D eigenvalue weighted by molar-refractivity contribution is -0.142. The highest BCUT2D eigenvalue weighted by molar-refractivity contribution is 7.16. The number of ether oxygens (including phenoxy) is 2. The number of hydrogen-bond acceptors (Lipinski definition) is 7. The van der Waals surface area contributed by atoms with Gasteiger partial charge in [-0.15, -0.1) is 11.3 Å². The maximum Gasteiger partial charge on any atom is 0.341 e. The number of furan rings is 1. The van der Waals surface area contributed by atoms with Gasteiger partial charge in [0.1, 0.15) is 16.5 Å². The van der Waals surface area contributed by atoms with Crippen molar-refractivity contribution in [3.8, 4) is 0 Å². The van der Waals surface area contributed by atoms with Gasteiger partial charge in [0.05, 0.1) is 12.2 Å². The minimum Gasteiger partial charge on any atom is -0.462 e. The molecule has 1 N–H and O–H groups in total. The summed E-state index contributed by atoms with van der Waals surface area (Å²) in [6, 6.07) is 3.49. The van der Waals surface area contributed by atoms with Crippen LogP contribution < -0.4 is 5.32 Å². The van der Waals surface area contributed by atoms with E-state index in [1.165, 1.54) is 23.5 Å². The van der Waals surface area contributed by atoms with E-state index in [0.29, 0.717) is 22.7 Å². The second-order valence-electron chi connectivity index (χ2n) is 5.85. The second-order valence-corrected chi connectivity index (χ2v) is 7.08. The molecule has 0 aliphatic rings. The molecule has 0 saturated carbocycles. The Kier molecular flexibility index (Phi) is 7.57. The monoisotopic (exact) mass is 405 g/mol. The van der Waals surface area contributed by atoms with Gasteiger partial charge >= 0.3 is 11.9 Å². The summed E-state index contributed by atoms with van der Waals surface area (Å²) in [4.78, 5) is 37.1. The van der Waals surface area contributed by atoms with E-state index in [1.807, 2.05) is 13.8 Å². The van der Waals surface area contributed by atoms with Crippen LogP contribution in [-0.4, -0.2) is 31.1 Å². The molecule has 2 heterocycles. The summed E-state index contributed by atoms with van der Waals surface area (Å²) in [5.41, 5.74) is 1.20. The molecule has 0 spiro atoms. The van der Waals surface area contributed by atoms with E-state index in [-0.39, 0.29) is 6.61 Å². The third kappa shape index (κ3) is 5.56. The minimum absolute atomic E-state index is 0.239.